The fourth-order valence-electron chi connectivity index (χ4n) is 1.18. The van der Waals surface area contributed by atoms with Gasteiger partial charge in [0.05, 0.1) is 5.69 Å². The number of aromatic nitrogens is 2. The lowest BCUT2D eigenvalue weighted by atomic mass is 10.1. The van der Waals surface area contributed by atoms with Gasteiger partial charge in [-0.05, 0) is 18.2 Å². The average molecular weight is 256 g/mol. The molecule has 0 aliphatic rings. The molecule has 1 aromatic heterocycles. The average Bonchev–Trinajstić information content (AvgIpc) is 2.56. The molecule has 0 saturated carbocycles. The second-order valence-electron chi connectivity index (χ2n) is 2.83. The Bertz CT molecular complexity index is 467. The Balaban J connectivity index is 2.55. The topological polar surface area (TPSA) is 54.7 Å². The van der Waals surface area contributed by atoms with E-state index in [1.807, 2.05) is 0 Å². The molecular formula is C9H7BrFN3. The number of anilines is 1. The maximum Gasteiger partial charge on any atom is 0.145 e. The SMILES string of the molecule is Nc1cc(-c2cc(F)ccc2Br)[nH]n1. The van der Waals surface area contributed by atoms with Crippen LogP contribution in [0.2, 0.25) is 0 Å². The number of benzene rings is 1. The van der Waals surface area contributed by atoms with Gasteiger partial charge in [0.25, 0.3) is 0 Å². The van der Waals surface area contributed by atoms with Gasteiger partial charge in [0.1, 0.15) is 11.6 Å². The van der Waals surface area contributed by atoms with Crippen molar-refractivity contribution in [1.82, 2.24) is 10.2 Å². The summed E-state index contributed by atoms with van der Waals surface area (Å²) in [5.74, 6) is 0.0903. The Labute approximate surface area is 88.3 Å². The summed E-state index contributed by atoms with van der Waals surface area (Å²) in [5.41, 5.74) is 6.84. The van der Waals surface area contributed by atoms with Crippen LogP contribution in [-0.2, 0) is 0 Å². The van der Waals surface area contributed by atoms with Crippen molar-refractivity contribution < 1.29 is 4.39 Å². The molecule has 5 heteroatoms. The minimum Gasteiger partial charge on any atom is -0.382 e. The van der Waals surface area contributed by atoms with Gasteiger partial charge in [-0.15, -0.1) is 0 Å². The number of nitrogens with one attached hydrogen (secondary N) is 1. The molecule has 0 bridgehead atoms. The van der Waals surface area contributed by atoms with Gasteiger partial charge in [-0.3, -0.25) is 5.10 Å². The van der Waals surface area contributed by atoms with E-state index in [9.17, 15) is 4.39 Å². The molecule has 0 aliphatic heterocycles. The molecule has 0 fully saturated rings. The van der Waals surface area contributed by atoms with Crippen molar-refractivity contribution in [2.75, 3.05) is 5.73 Å². The highest BCUT2D eigenvalue weighted by atomic mass is 79.9. The summed E-state index contributed by atoms with van der Waals surface area (Å²) in [5, 5.41) is 6.49. The molecular weight excluding hydrogens is 249 g/mol. The first-order chi connectivity index (χ1) is 6.66. The lowest BCUT2D eigenvalue weighted by Crippen LogP contribution is -1.82. The van der Waals surface area contributed by atoms with Crippen LogP contribution in [0.15, 0.2) is 28.7 Å². The van der Waals surface area contributed by atoms with E-state index in [4.69, 9.17) is 5.73 Å². The van der Waals surface area contributed by atoms with Gasteiger partial charge in [-0.2, -0.15) is 5.10 Å². The molecule has 2 aromatic rings. The van der Waals surface area contributed by atoms with E-state index in [2.05, 4.69) is 26.1 Å². The van der Waals surface area contributed by atoms with Gasteiger partial charge < -0.3 is 5.73 Å². The van der Waals surface area contributed by atoms with E-state index in [-0.39, 0.29) is 5.82 Å². The van der Waals surface area contributed by atoms with E-state index in [1.165, 1.54) is 12.1 Å². The van der Waals surface area contributed by atoms with Gasteiger partial charge in [0.2, 0.25) is 0 Å². The maximum absolute atomic E-state index is 13.0. The van der Waals surface area contributed by atoms with Crippen LogP contribution in [0.4, 0.5) is 10.2 Å². The first-order valence-electron chi connectivity index (χ1n) is 3.93. The van der Waals surface area contributed by atoms with Crippen LogP contribution in [-0.4, -0.2) is 10.2 Å². The molecule has 3 nitrogen and oxygen atoms in total. The minimum absolute atomic E-state index is 0.295. The van der Waals surface area contributed by atoms with Crippen molar-refractivity contribution >= 4 is 21.7 Å². The zero-order chi connectivity index (χ0) is 10.1. The number of aromatic amines is 1. The predicted octanol–water partition coefficient (Wildman–Crippen LogP) is 2.56. The van der Waals surface area contributed by atoms with Crippen LogP contribution >= 0.6 is 15.9 Å². The molecule has 0 saturated heterocycles. The van der Waals surface area contributed by atoms with Crippen molar-refractivity contribution in [2.24, 2.45) is 0 Å². The van der Waals surface area contributed by atoms with Gasteiger partial charge in [0.15, 0.2) is 0 Å². The van der Waals surface area contributed by atoms with E-state index >= 15 is 0 Å². The Morgan fingerprint density at radius 2 is 2.14 bits per heavy atom. The fraction of sp³-hybridized carbons (Fsp3) is 0. The van der Waals surface area contributed by atoms with Crippen molar-refractivity contribution in [3.8, 4) is 11.3 Å². The molecule has 0 amide bonds. The smallest absolute Gasteiger partial charge is 0.145 e. The van der Waals surface area contributed by atoms with Gasteiger partial charge >= 0.3 is 0 Å². The minimum atomic E-state index is -0.295. The number of halogens is 2. The van der Waals surface area contributed by atoms with Gasteiger partial charge in [-0.1, -0.05) is 15.9 Å². The summed E-state index contributed by atoms with van der Waals surface area (Å²) in [4.78, 5) is 0. The summed E-state index contributed by atoms with van der Waals surface area (Å²) in [6.07, 6.45) is 0. The van der Waals surface area contributed by atoms with E-state index < -0.39 is 0 Å². The van der Waals surface area contributed by atoms with E-state index in [1.54, 1.807) is 12.1 Å². The quantitative estimate of drug-likeness (QED) is 0.823. The van der Waals surface area contributed by atoms with E-state index in [0.29, 0.717) is 17.1 Å². The molecule has 0 spiro atoms. The number of hydrogen-bond donors (Lipinski definition) is 2. The Kier molecular flexibility index (Phi) is 2.25. The monoisotopic (exact) mass is 255 g/mol. The molecule has 1 aromatic carbocycles. The number of nitrogens with two attached hydrogens (primary N) is 1. The maximum atomic E-state index is 13.0. The van der Waals surface area contributed by atoms with Crippen molar-refractivity contribution in [2.45, 2.75) is 0 Å². The standard InChI is InChI=1S/C9H7BrFN3/c10-7-2-1-5(11)3-6(7)8-4-9(12)14-13-8/h1-4H,(H3,12,13,14). The summed E-state index contributed by atoms with van der Waals surface area (Å²) < 4.78 is 13.7. The third-order valence-electron chi connectivity index (χ3n) is 1.82. The molecule has 2 rings (SSSR count). The Morgan fingerprint density at radius 1 is 1.36 bits per heavy atom. The fourth-order valence-corrected chi connectivity index (χ4v) is 1.64. The van der Waals surface area contributed by atoms with Crippen molar-refractivity contribution in [1.29, 1.82) is 0 Å². The molecule has 14 heavy (non-hydrogen) atoms. The summed E-state index contributed by atoms with van der Waals surface area (Å²) in [6, 6.07) is 6.09. The highest BCUT2D eigenvalue weighted by Gasteiger charge is 2.06. The third kappa shape index (κ3) is 1.63. The number of hydrogen-bond acceptors (Lipinski definition) is 2. The number of nitrogen functional groups attached to an aromatic ring is 1. The molecule has 0 aliphatic carbocycles. The first kappa shape index (κ1) is 9.21. The molecule has 0 atom stereocenters. The molecule has 0 unspecified atom stereocenters. The van der Waals surface area contributed by atoms with Gasteiger partial charge in [0, 0.05) is 16.1 Å². The Morgan fingerprint density at radius 3 is 2.79 bits per heavy atom. The lowest BCUT2D eigenvalue weighted by Gasteiger charge is -2.00. The molecule has 1 heterocycles. The van der Waals surface area contributed by atoms with Crippen molar-refractivity contribution in [3.05, 3.63) is 34.6 Å². The molecule has 0 radical (unpaired) electrons. The number of rotatable bonds is 1. The Hall–Kier alpha value is -1.36. The van der Waals surface area contributed by atoms with Crippen LogP contribution in [0.1, 0.15) is 0 Å². The van der Waals surface area contributed by atoms with Crippen molar-refractivity contribution in [3.63, 3.8) is 0 Å². The second-order valence-corrected chi connectivity index (χ2v) is 3.68. The normalized spacial score (nSPS) is 10.4. The first-order valence-corrected chi connectivity index (χ1v) is 4.72. The van der Waals surface area contributed by atoms with Gasteiger partial charge in [-0.25, -0.2) is 4.39 Å². The summed E-state index contributed by atoms with van der Waals surface area (Å²) in [7, 11) is 0. The van der Waals surface area contributed by atoms with Crippen LogP contribution in [0.25, 0.3) is 11.3 Å². The van der Waals surface area contributed by atoms with Crippen LogP contribution in [0.3, 0.4) is 0 Å². The summed E-state index contributed by atoms with van der Waals surface area (Å²) in [6.45, 7) is 0. The zero-order valence-corrected chi connectivity index (χ0v) is 8.68. The third-order valence-corrected chi connectivity index (χ3v) is 2.51. The number of H-pyrrole nitrogens is 1. The second kappa shape index (κ2) is 3.42. The van der Waals surface area contributed by atoms with Crippen LogP contribution in [0.5, 0.6) is 0 Å². The zero-order valence-electron chi connectivity index (χ0n) is 7.09. The largest absolute Gasteiger partial charge is 0.382 e. The lowest BCUT2D eigenvalue weighted by molar-refractivity contribution is 0.628. The molecule has 3 N–H and O–H groups in total. The highest BCUT2D eigenvalue weighted by Crippen LogP contribution is 2.28. The predicted molar refractivity (Wildman–Crippen MR) is 56.1 cm³/mol. The summed E-state index contributed by atoms with van der Waals surface area (Å²) >= 11 is 3.32. The molecule has 72 valence electrons. The number of nitrogens with zero attached hydrogens (tertiary/aromatic N) is 1. The van der Waals surface area contributed by atoms with E-state index in [0.717, 1.165) is 4.47 Å². The van der Waals surface area contributed by atoms with Crippen LogP contribution < -0.4 is 5.73 Å². The highest BCUT2D eigenvalue weighted by molar-refractivity contribution is 9.10. The van der Waals surface area contributed by atoms with Crippen LogP contribution in [0, 0.1) is 5.82 Å².